The minimum atomic E-state index is 0.0721. The van der Waals surface area contributed by atoms with Gasteiger partial charge >= 0.3 is 0 Å². The molecule has 6 heteroatoms. The van der Waals surface area contributed by atoms with E-state index in [1.807, 2.05) is 4.90 Å². The number of hydrogen-bond acceptors (Lipinski definition) is 3. The number of hydrogen-bond donors (Lipinski definition) is 1. The predicted octanol–water partition coefficient (Wildman–Crippen LogP) is 4.05. The highest BCUT2D eigenvalue weighted by atomic mass is 35.5. The van der Waals surface area contributed by atoms with Gasteiger partial charge in [0.1, 0.15) is 0 Å². The fourth-order valence-corrected chi connectivity index (χ4v) is 3.62. The van der Waals surface area contributed by atoms with Crippen LogP contribution in [-0.4, -0.2) is 23.9 Å². The van der Waals surface area contributed by atoms with E-state index in [4.69, 9.17) is 23.2 Å². The van der Waals surface area contributed by atoms with Crippen molar-refractivity contribution in [3.63, 3.8) is 0 Å². The summed E-state index contributed by atoms with van der Waals surface area (Å²) in [5.74, 6) is 0.0721. The molecule has 1 N–H and O–H groups in total. The van der Waals surface area contributed by atoms with Gasteiger partial charge in [0.25, 0.3) is 0 Å². The van der Waals surface area contributed by atoms with Crippen LogP contribution < -0.4 is 5.32 Å². The fourth-order valence-electron chi connectivity index (χ4n) is 2.38. The van der Waals surface area contributed by atoms with Crippen LogP contribution in [-0.2, 0) is 17.8 Å². The number of anilines is 1. The van der Waals surface area contributed by atoms with Gasteiger partial charge in [0, 0.05) is 23.0 Å². The number of nitrogens with one attached hydrogen (secondary N) is 1. The Labute approximate surface area is 137 Å². The molecule has 0 radical (unpaired) electrons. The van der Waals surface area contributed by atoms with Crippen LogP contribution in [0.5, 0.6) is 0 Å². The van der Waals surface area contributed by atoms with Crippen LogP contribution in [0.4, 0.5) is 5.69 Å². The molecule has 3 nitrogen and oxygen atoms in total. The number of amides is 1. The lowest BCUT2D eigenvalue weighted by atomic mass is 10.1. The summed E-state index contributed by atoms with van der Waals surface area (Å²) in [5.41, 5.74) is 1.95. The molecule has 0 spiro atoms. The summed E-state index contributed by atoms with van der Waals surface area (Å²) in [7, 11) is 0. The third-order valence-electron chi connectivity index (χ3n) is 3.52. The number of halogens is 2. The van der Waals surface area contributed by atoms with Gasteiger partial charge in [0.05, 0.1) is 17.3 Å². The van der Waals surface area contributed by atoms with Crippen LogP contribution in [0.15, 0.2) is 29.6 Å². The highest BCUT2D eigenvalue weighted by molar-refractivity contribution is 7.10. The largest absolute Gasteiger partial charge is 0.375 e. The Morgan fingerprint density at radius 3 is 3.05 bits per heavy atom. The Balaban J connectivity index is 1.61. The first-order valence-corrected chi connectivity index (χ1v) is 8.29. The lowest BCUT2D eigenvalue weighted by Crippen LogP contribution is -2.38. The third-order valence-corrected chi connectivity index (χ3v) is 5.11. The number of thiophene rings is 1. The monoisotopic (exact) mass is 340 g/mol. The summed E-state index contributed by atoms with van der Waals surface area (Å²) in [6, 6.07) is 7.26. The normalized spacial score (nSPS) is 13.9. The molecule has 0 saturated carbocycles. The zero-order valence-corrected chi connectivity index (χ0v) is 13.6. The highest BCUT2D eigenvalue weighted by Crippen LogP contribution is 2.26. The molecule has 0 saturated heterocycles. The lowest BCUT2D eigenvalue weighted by Gasteiger charge is -2.27. The maximum Gasteiger partial charge on any atom is 0.242 e. The van der Waals surface area contributed by atoms with Gasteiger partial charge in [-0.15, -0.1) is 11.3 Å². The Bertz CT molecular complexity index is 671. The van der Waals surface area contributed by atoms with Crippen molar-refractivity contribution in [2.45, 2.75) is 13.0 Å². The predicted molar refractivity (Wildman–Crippen MR) is 88.4 cm³/mol. The molecule has 1 amide bonds. The smallest absolute Gasteiger partial charge is 0.242 e. The summed E-state index contributed by atoms with van der Waals surface area (Å²) in [5, 5.41) is 6.30. The number of carbonyl (C=O) groups is 1. The average molecular weight is 341 g/mol. The SMILES string of the molecule is O=C(CNc1cc(Cl)ccc1Cl)N1CCc2sccc2C1. The summed E-state index contributed by atoms with van der Waals surface area (Å²) in [6.07, 6.45) is 0.941. The molecule has 0 bridgehead atoms. The Hall–Kier alpha value is -1.23. The molecule has 21 heavy (non-hydrogen) atoms. The molecule has 1 aliphatic rings. The summed E-state index contributed by atoms with van der Waals surface area (Å²) < 4.78 is 0. The van der Waals surface area contributed by atoms with Crippen molar-refractivity contribution in [1.29, 1.82) is 0 Å². The van der Waals surface area contributed by atoms with Crippen molar-refractivity contribution in [2.75, 3.05) is 18.4 Å². The quantitative estimate of drug-likeness (QED) is 0.913. The average Bonchev–Trinajstić information content (AvgIpc) is 2.95. The zero-order valence-electron chi connectivity index (χ0n) is 11.2. The first-order chi connectivity index (χ1) is 10.1. The molecule has 2 heterocycles. The highest BCUT2D eigenvalue weighted by Gasteiger charge is 2.21. The Kier molecular flexibility index (Phi) is 4.38. The number of nitrogens with zero attached hydrogens (tertiary/aromatic N) is 1. The molecule has 0 unspecified atom stereocenters. The van der Waals surface area contributed by atoms with E-state index < -0.39 is 0 Å². The zero-order chi connectivity index (χ0) is 14.8. The second kappa shape index (κ2) is 6.26. The van der Waals surface area contributed by atoms with Crippen LogP contribution in [0, 0.1) is 0 Å². The molecule has 0 atom stereocenters. The molecule has 2 aromatic rings. The van der Waals surface area contributed by atoms with Crippen molar-refractivity contribution in [3.05, 3.63) is 50.1 Å². The summed E-state index contributed by atoms with van der Waals surface area (Å²) in [6.45, 7) is 1.69. The molecule has 3 rings (SSSR count). The maximum absolute atomic E-state index is 12.3. The van der Waals surface area contributed by atoms with E-state index >= 15 is 0 Å². The Morgan fingerprint density at radius 2 is 2.19 bits per heavy atom. The molecule has 110 valence electrons. The topological polar surface area (TPSA) is 32.3 Å². The number of benzene rings is 1. The van der Waals surface area contributed by atoms with Crippen molar-refractivity contribution in [3.8, 4) is 0 Å². The minimum Gasteiger partial charge on any atom is -0.375 e. The van der Waals surface area contributed by atoms with Gasteiger partial charge in [-0.1, -0.05) is 23.2 Å². The van der Waals surface area contributed by atoms with Crippen molar-refractivity contribution < 1.29 is 4.79 Å². The van der Waals surface area contributed by atoms with Crippen LogP contribution in [0.25, 0.3) is 0 Å². The summed E-state index contributed by atoms with van der Waals surface area (Å²) in [4.78, 5) is 15.6. The maximum atomic E-state index is 12.3. The molecule has 1 aliphatic heterocycles. The lowest BCUT2D eigenvalue weighted by molar-refractivity contribution is -0.130. The number of rotatable bonds is 3. The van der Waals surface area contributed by atoms with Crippen molar-refractivity contribution in [2.24, 2.45) is 0 Å². The standard InChI is InChI=1S/C15H14Cl2N2OS/c16-11-1-2-12(17)13(7-11)18-8-15(20)19-5-3-14-10(9-19)4-6-21-14/h1-2,4,6-7,18H,3,5,8-9H2. The van der Waals surface area contributed by atoms with Crippen LogP contribution in [0.1, 0.15) is 10.4 Å². The first kappa shape index (κ1) is 14.7. The van der Waals surface area contributed by atoms with E-state index in [2.05, 4.69) is 16.8 Å². The third kappa shape index (κ3) is 3.34. The van der Waals surface area contributed by atoms with Crippen LogP contribution in [0.3, 0.4) is 0 Å². The second-order valence-corrected chi connectivity index (χ2v) is 6.76. The molecule has 0 fully saturated rings. The van der Waals surface area contributed by atoms with E-state index in [0.717, 1.165) is 13.0 Å². The van der Waals surface area contributed by atoms with Crippen molar-refractivity contribution in [1.82, 2.24) is 4.90 Å². The summed E-state index contributed by atoms with van der Waals surface area (Å²) >= 11 is 13.8. The van der Waals surface area contributed by atoms with Gasteiger partial charge in [-0.05, 0) is 41.6 Å². The molecule has 1 aromatic heterocycles. The Morgan fingerprint density at radius 1 is 1.33 bits per heavy atom. The minimum absolute atomic E-state index is 0.0721. The van der Waals surface area contributed by atoms with E-state index in [9.17, 15) is 4.79 Å². The first-order valence-electron chi connectivity index (χ1n) is 6.65. The van der Waals surface area contributed by atoms with Gasteiger partial charge in [0.15, 0.2) is 0 Å². The van der Waals surface area contributed by atoms with Gasteiger partial charge in [-0.2, -0.15) is 0 Å². The molecular formula is C15H14Cl2N2OS. The van der Waals surface area contributed by atoms with Crippen LogP contribution >= 0.6 is 34.5 Å². The van der Waals surface area contributed by atoms with Gasteiger partial charge < -0.3 is 10.2 Å². The van der Waals surface area contributed by atoms with Gasteiger partial charge in [-0.25, -0.2) is 0 Å². The van der Waals surface area contributed by atoms with Crippen molar-refractivity contribution >= 4 is 46.1 Å². The van der Waals surface area contributed by atoms with Gasteiger partial charge in [0.2, 0.25) is 5.91 Å². The van der Waals surface area contributed by atoms with Crippen LogP contribution in [0.2, 0.25) is 10.0 Å². The van der Waals surface area contributed by atoms with Gasteiger partial charge in [-0.3, -0.25) is 4.79 Å². The van der Waals surface area contributed by atoms with E-state index in [1.54, 1.807) is 29.5 Å². The van der Waals surface area contributed by atoms with E-state index in [0.29, 0.717) is 22.3 Å². The molecule has 1 aromatic carbocycles. The molecule has 0 aliphatic carbocycles. The number of fused-ring (bicyclic) bond motifs is 1. The fraction of sp³-hybridized carbons (Fsp3) is 0.267. The molecular weight excluding hydrogens is 327 g/mol. The second-order valence-electron chi connectivity index (χ2n) is 4.91. The van der Waals surface area contributed by atoms with E-state index in [-0.39, 0.29) is 12.5 Å². The van der Waals surface area contributed by atoms with E-state index in [1.165, 1.54) is 10.4 Å². The number of carbonyl (C=O) groups excluding carboxylic acids is 1.